The highest BCUT2D eigenvalue weighted by molar-refractivity contribution is 9.10. The lowest BCUT2D eigenvalue weighted by atomic mass is 10.1. The van der Waals surface area contributed by atoms with Crippen molar-refractivity contribution in [2.24, 2.45) is 0 Å². The molecule has 0 aliphatic carbocycles. The number of rotatable bonds is 4. The van der Waals surface area contributed by atoms with E-state index >= 15 is 0 Å². The van der Waals surface area contributed by atoms with Crippen molar-refractivity contribution < 1.29 is 14.3 Å². The molecule has 0 N–H and O–H groups in total. The monoisotopic (exact) mass is 320 g/mol. The van der Waals surface area contributed by atoms with Crippen molar-refractivity contribution in [1.82, 2.24) is 9.97 Å². The summed E-state index contributed by atoms with van der Waals surface area (Å²) in [5.74, 6) is -0.949. The summed E-state index contributed by atoms with van der Waals surface area (Å²) in [6.45, 7) is -0.328. The highest BCUT2D eigenvalue weighted by atomic mass is 79.9. The highest BCUT2D eigenvalue weighted by Crippen LogP contribution is 2.12. The lowest BCUT2D eigenvalue weighted by Crippen LogP contribution is -2.15. The zero-order valence-electron chi connectivity index (χ0n) is 9.75. The van der Waals surface area contributed by atoms with Crippen LogP contribution in [0.1, 0.15) is 20.8 Å². The van der Waals surface area contributed by atoms with Gasteiger partial charge in [-0.05, 0) is 12.1 Å². The van der Waals surface area contributed by atoms with Crippen LogP contribution in [-0.2, 0) is 4.74 Å². The van der Waals surface area contributed by atoms with Crippen molar-refractivity contribution >= 4 is 27.7 Å². The Morgan fingerprint density at radius 1 is 1.26 bits per heavy atom. The van der Waals surface area contributed by atoms with Crippen LogP contribution in [0.3, 0.4) is 0 Å². The van der Waals surface area contributed by atoms with Gasteiger partial charge in [-0.3, -0.25) is 9.78 Å². The Morgan fingerprint density at radius 3 is 2.79 bits per heavy atom. The fraction of sp³-hybridized carbons (Fsp3) is 0.0769. The molecular weight excluding hydrogens is 312 g/mol. The molecule has 2 aromatic rings. The number of ketones is 1. The van der Waals surface area contributed by atoms with E-state index in [0.29, 0.717) is 5.56 Å². The number of Topliss-reactive ketones (excluding diaryl/α,β-unsaturated/α-hetero) is 1. The van der Waals surface area contributed by atoms with Gasteiger partial charge < -0.3 is 4.74 Å². The largest absolute Gasteiger partial charge is 0.453 e. The minimum atomic E-state index is -0.670. The molecule has 0 aliphatic rings. The Labute approximate surface area is 117 Å². The van der Waals surface area contributed by atoms with Crippen molar-refractivity contribution in [3.63, 3.8) is 0 Å². The summed E-state index contributed by atoms with van der Waals surface area (Å²) in [6, 6.07) is 6.87. The van der Waals surface area contributed by atoms with Crippen molar-refractivity contribution in [1.29, 1.82) is 0 Å². The smallest absolute Gasteiger partial charge is 0.358 e. The van der Waals surface area contributed by atoms with Crippen LogP contribution in [0.2, 0.25) is 0 Å². The number of carbonyl (C=O) groups excluding carboxylic acids is 2. The number of carbonyl (C=O) groups is 2. The van der Waals surface area contributed by atoms with E-state index in [1.54, 1.807) is 18.2 Å². The SMILES string of the molecule is O=C(COC(=O)c1cnccn1)c1cccc(Br)c1. The molecular formula is C13H9BrN2O3. The summed E-state index contributed by atoms with van der Waals surface area (Å²) >= 11 is 3.27. The summed E-state index contributed by atoms with van der Waals surface area (Å²) in [5, 5.41) is 0. The van der Waals surface area contributed by atoms with Gasteiger partial charge in [0.15, 0.2) is 18.1 Å². The molecule has 0 spiro atoms. The first-order valence-corrected chi connectivity index (χ1v) is 6.18. The lowest BCUT2D eigenvalue weighted by Gasteiger charge is -2.03. The van der Waals surface area contributed by atoms with Crippen LogP contribution in [0.5, 0.6) is 0 Å². The van der Waals surface area contributed by atoms with Crippen LogP contribution >= 0.6 is 15.9 Å². The van der Waals surface area contributed by atoms with Gasteiger partial charge in [0.1, 0.15) is 0 Å². The average molecular weight is 321 g/mol. The van der Waals surface area contributed by atoms with Crippen LogP contribution in [0.25, 0.3) is 0 Å². The Kier molecular flexibility index (Phi) is 4.35. The molecule has 96 valence electrons. The molecule has 0 aliphatic heterocycles. The third-order valence-electron chi connectivity index (χ3n) is 2.25. The Bertz CT molecular complexity index is 602. The van der Waals surface area contributed by atoms with Crippen LogP contribution in [0, 0.1) is 0 Å². The van der Waals surface area contributed by atoms with E-state index in [9.17, 15) is 9.59 Å². The molecule has 0 fully saturated rings. The zero-order valence-corrected chi connectivity index (χ0v) is 11.3. The molecule has 2 rings (SSSR count). The van der Waals surface area contributed by atoms with Crippen molar-refractivity contribution in [3.05, 3.63) is 58.6 Å². The summed E-state index contributed by atoms with van der Waals surface area (Å²) in [5.41, 5.74) is 0.547. The molecule has 1 heterocycles. The molecule has 1 aromatic carbocycles. The third kappa shape index (κ3) is 3.69. The minimum Gasteiger partial charge on any atom is -0.453 e. The number of esters is 1. The molecule has 5 nitrogen and oxygen atoms in total. The van der Waals surface area contributed by atoms with Crippen LogP contribution < -0.4 is 0 Å². The topological polar surface area (TPSA) is 69.2 Å². The zero-order chi connectivity index (χ0) is 13.7. The first kappa shape index (κ1) is 13.4. The molecule has 0 radical (unpaired) electrons. The van der Waals surface area contributed by atoms with Gasteiger partial charge in [0, 0.05) is 22.4 Å². The van der Waals surface area contributed by atoms with Gasteiger partial charge in [-0.25, -0.2) is 9.78 Å². The standard InChI is InChI=1S/C13H9BrN2O3/c14-10-3-1-2-9(6-10)12(17)8-19-13(18)11-7-15-4-5-16-11/h1-7H,8H2. The van der Waals surface area contributed by atoms with Gasteiger partial charge in [-0.1, -0.05) is 28.1 Å². The molecule has 0 bridgehead atoms. The normalized spacial score (nSPS) is 9.95. The highest BCUT2D eigenvalue weighted by Gasteiger charge is 2.12. The van der Waals surface area contributed by atoms with Crippen LogP contribution in [0.4, 0.5) is 0 Å². The van der Waals surface area contributed by atoms with E-state index in [4.69, 9.17) is 4.74 Å². The molecule has 0 amide bonds. The quantitative estimate of drug-likeness (QED) is 0.638. The van der Waals surface area contributed by atoms with Gasteiger partial charge >= 0.3 is 5.97 Å². The molecule has 0 saturated carbocycles. The van der Waals surface area contributed by atoms with Gasteiger partial charge in [0.2, 0.25) is 0 Å². The molecule has 0 saturated heterocycles. The van der Waals surface area contributed by atoms with E-state index in [2.05, 4.69) is 25.9 Å². The molecule has 6 heteroatoms. The number of aromatic nitrogens is 2. The molecule has 19 heavy (non-hydrogen) atoms. The molecule has 0 unspecified atom stereocenters. The number of hydrogen-bond acceptors (Lipinski definition) is 5. The summed E-state index contributed by atoms with van der Waals surface area (Å²) < 4.78 is 5.67. The second-order valence-electron chi connectivity index (χ2n) is 3.60. The maximum Gasteiger partial charge on any atom is 0.358 e. The van der Waals surface area contributed by atoms with Crippen LogP contribution in [-0.4, -0.2) is 28.3 Å². The van der Waals surface area contributed by atoms with E-state index in [0.717, 1.165) is 4.47 Å². The number of halogens is 1. The predicted octanol–water partition coefficient (Wildman–Crippen LogP) is 2.28. The van der Waals surface area contributed by atoms with Crippen molar-refractivity contribution in [3.8, 4) is 0 Å². The van der Waals surface area contributed by atoms with E-state index in [-0.39, 0.29) is 18.1 Å². The van der Waals surface area contributed by atoms with Crippen molar-refractivity contribution in [2.45, 2.75) is 0 Å². The number of hydrogen-bond donors (Lipinski definition) is 0. The number of benzene rings is 1. The van der Waals surface area contributed by atoms with E-state index in [1.165, 1.54) is 18.6 Å². The summed E-state index contributed by atoms with van der Waals surface area (Å²) in [6.07, 6.45) is 4.11. The van der Waals surface area contributed by atoms with Crippen LogP contribution in [0.15, 0.2) is 47.3 Å². The first-order valence-electron chi connectivity index (χ1n) is 5.39. The minimum absolute atomic E-state index is 0.0737. The number of nitrogens with zero attached hydrogens (tertiary/aromatic N) is 2. The third-order valence-corrected chi connectivity index (χ3v) is 2.75. The second kappa shape index (κ2) is 6.19. The van der Waals surface area contributed by atoms with Gasteiger partial charge in [-0.15, -0.1) is 0 Å². The average Bonchev–Trinajstić information content (AvgIpc) is 2.45. The maximum atomic E-state index is 11.8. The Hall–Kier alpha value is -2.08. The van der Waals surface area contributed by atoms with Gasteiger partial charge in [0.25, 0.3) is 0 Å². The van der Waals surface area contributed by atoms with Gasteiger partial charge in [-0.2, -0.15) is 0 Å². The summed E-state index contributed by atoms with van der Waals surface area (Å²) in [7, 11) is 0. The fourth-order valence-electron chi connectivity index (χ4n) is 1.35. The summed E-state index contributed by atoms with van der Waals surface area (Å²) in [4.78, 5) is 30.9. The van der Waals surface area contributed by atoms with Gasteiger partial charge in [0.05, 0.1) is 6.20 Å². The molecule has 1 aromatic heterocycles. The number of ether oxygens (including phenoxy) is 1. The Morgan fingerprint density at radius 2 is 2.11 bits per heavy atom. The van der Waals surface area contributed by atoms with E-state index in [1.807, 2.05) is 6.07 Å². The molecule has 0 atom stereocenters. The maximum absolute atomic E-state index is 11.8. The van der Waals surface area contributed by atoms with E-state index < -0.39 is 5.97 Å². The second-order valence-corrected chi connectivity index (χ2v) is 4.52. The van der Waals surface area contributed by atoms with Crippen molar-refractivity contribution in [2.75, 3.05) is 6.61 Å². The Balaban J connectivity index is 1.96. The first-order chi connectivity index (χ1) is 9.16. The lowest BCUT2D eigenvalue weighted by molar-refractivity contribution is 0.0468. The predicted molar refractivity (Wildman–Crippen MR) is 70.8 cm³/mol. The fourth-order valence-corrected chi connectivity index (χ4v) is 1.75.